The maximum absolute atomic E-state index is 12.8. The van der Waals surface area contributed by atoms with Gasteiger partial charge in [-0.2, -0.15) is 0 Å². The van der Waals surface area contributed by atoms with E-state index < -0.39 is 5.60 Å². The molecule has 22 heavy (non-hydrogen) atoms. The van der Waals surface area contributed by atoms with Crippen LogP contribution in [0.1, 0.15) is 41.9 Å². The van der Waals surface area contributed by atoms with E-state index in [-0.39, 0.29) is 12.1 Å². The molecule has 0 radical (unpaired) electrons. The van der Waals surface area contributed by atoms with Gasteiger partial charge in [-0.15, -0.1) is 22.7 Å². The number of carbonyl (C=O) groups excluding carboxylic acids is 1. The van der Waals surface area contributed by atoms with Gasteiger partial charge >= 0.3 is 5.97 Å². The van der Waals surface area contributed by atoms with Crippen LogP contribution in [0.2, 0.25) is 0 Å². The summed E-state index contributed by atoms with van der Waals surface area (Å²) in [5, 5.41) is 3.95. The molecule has 0 N–H and O–H groups in total. The number of methoxy groups -OCH3 is 1. The monoisotopic (exact) mass is 336 g/mol. The van der Waals surface area contributed by atoms with E-state index >= 15 is 0 Å². The molecular weight excluding hydrogens is 316 g/mol. The van der Waals surface area contributed by atoms with Crippen LogP contribution in [-0.2, 0) is 19.9 Å². The molecule has 0 atom stereocenters. The van der Waals surface area contributed by atoms with E-state index in [9.17, 15) is 4.79 Å². The third kappa shape index (κ3) is 2.85. The van der Waals surface area contributed by atoms with Gasteiger partial charge in [0, 0.05) is 0 Å². The van der Waals surface area contributed by atoms with Gasteiger partial charge in [-0.1, -0.05) is 31.4 Å². The summed E-state index contributed by atoms with van der Waals surface area (Å²) >= 11 is 3.08. The topological polar surface area (TPSA) is 35.5 Å². The summed E-state index contributed by atoms with van der Waals surface area (Å²) in [6.07, 6.45) is 5.71. The number of rotatable bonds is 5. The Kier molecular flexibility index (Phi) is 4.96. The van der Waals surface area contributed by atoms with E-state index in [1.165, 1.54) is 13.5 Å². The Morgan fingerprint density at radius 1 is 1.09 bits per heavy atom. The Morgan fingerprint density at radius 3 is 2.14 bits per heavy atom. The SMILES string of the molecule is COC(=O)C(OC1CCCCC1)(c1cccs1)c1cccs1. The zero-order valence-electron chi connectivity index (χ0n) is 12.6. The molecule has 0 spiro atoms. The minimum atomic E-state index is -1.11. The summed E-state index contributed by atoms with van der Waals surface area (Å²) in [4.78, 5) is 14.6. The number of ether oxygens (including phenoxy) is 2. The van der Waals surface area contributed by atoms with Gasteiger partial charge in [-0.3, -0.25) is 0 Å². The highest BCUT2D eigenvalue weighted by atomic mass is 32.1. The summed E-state index contributed by atoms with van der Waals surface area (Å²) < 4.78 is 11.6. The zero-order valence-corrected chi connectivity index (χ0v) is 14.3. The lowest BCUT2D eigenvalue weighted by Gasteiger charge is -2.35. The standard InChI is InChI=1S/C17H20O3S2/c1-19-16(18)17(14-9-5-11-21-14,15-10-6-12-22-15)20-13-7-3-2-4-8-13/h5-6,9-13H,2-4,7-8H2,1H3. The van der Waals surface area contributed by atoms with Crippen LogP contribution in [-0.4, -0.2) is 19.2 Å². The Bertz CT molecular complexity index is 549. The molecule has 0 saturated heterocycles. The molecule has 2 heterocycles. The minimum absolute atomic E-state index is 0.108. The van der Waals surface area contributed by atoms with Gasteiger partial charge in [-0.25, -0.2) is 4.79 Å². The summed E-state index contributed by atoms with van der Waals surface area (Å²) in [5.74, 6) is -0.331. The summed E-state index contributed by atoms with van der Waals surface area (Å²) in [5.41, 5.74) is -1.11. The number of hydrogen-bond acceptors (Lipinski definition) is 5. The number of carbonyl (C=O) groups is 1. The molecule has 1 aliphatic rings. The lowest BCUT2D eigenvalue weighted by atomic mass is 9.94. The highest BCUT2D eigenvalue weighted by Crippen LogP contribution is 2.42. The van der Waals surface area contributed by atoms with Crippen molar-refractivity contribution in [2.24, 2.45) is 0 Å². The van der Waals surface area contributed by atoms with Gasteiger partial charge in [0.2, 0.25) is 5.60 Å². The van der Waals surface area contributed by atoms with E-state index in [4.69, 9.17) is 9.47 Å². The maximum atomic E-state index is 12.8. The highest BCUT2D eigenvalue weighted by Gasteiger charge is 2.48. The number of hydrogen-bond donors (Lipinski definition) is 0. The Labute approximate surface area is 138 Å². The molecule has 118 valence electrons. The Balaban J connectivity index is 2.04. The first-order valence-electron chi connectivity index (χ1n) is 7.61. The predicted octanol–water partition coefficient (Wildman–Crippen LogP) is 4.58. The molecule has 3 rings (SSSR count). The second-order valence-electron chi connectivity index (χ2n) is 5.51. The van der Waals surface area contributed by atoms with Gasteiger partial charge in [0.15, 0.2) is 0 Å². The van der Waals surface area contributed by atoms with Crippen LogP contribution in [0.3, 0.4) is 0 Å². The molecule has 3 nitrogen and oxygen atoms in total. The Hall–Kier alpha value is -1.17. The second kappa shape index (κ2) is 6.94. The van der Waals surface area contributed by atoms with Crippen molar-refractivity contribution in [3.63, 3.8) is 0 Å². The van der Waals surface area contributed by atoms with Crippen molar-refractivity contribution in [3.05, 3.63) is 44.8 Å². The van der Waals surface area contributed by atoms with Gasteiger partial charge in [-0.05, 0) is 35.7 Å². The smallest absolute Gasteiger partial charge is 0.349 e. The largest absolute Gasteiger partial charge is 0.466 e. The van der Waals surface area contributed by atoms with E-state index in [1.54, 1.807) is 22.7 Å². The molecule has 0 bridgehead atoms. The second-order valence-corrected chi connectivity index (χ2v) is 7.40. The first kappa shape index (κ1) is 15.7. The van der Waals surface area contributed by atoms with Crippen molar-refractivity contribution in [3.8, 4) is 0 Å². The van der Waals surface area contributed by atoms with Crippen molar-refractivity contribution < 1.29 is 14.3 Å². The molecule has 5 heteroatoms. The molecule has 2 aromatic heterocycles. The van der Waals surface area contributed by atoms with Gasteiger partial charge < -0.3 is 9.47 Å². The molecular formula is C17H20O3S2. The van der Waals surface area contributed by atoms with Crippen LogP contribution >= 0.6 is 22.7 Å². The van der Waals surface area contributed by atoms with Gasteiger partial charge in [0.1, 0.15) is 0 Å². The molecule has 1 aliphatic carbocycles. The average molecular weight is 336 g/mol. The molecule has 1 saturated carbocycles. The van der Waals surface area contributed by atoms with E-state index in [0.29, 0.717) is 0 Å². The number of thiophene rings is 2. The third-order valence-electron chi connectivity index (χ3n) is 4.10. The fraction of sp³-hybridized carbons (Fsp3) is 0.471. The molecule has 1 fully saturated rings. The number of esters is 1. The summed E-state index contributed by atoms with van der Waals surface area (Å²) in [7, 11) is 1.43. The summed E-state index contributed by atoms with van der Waals surface area (Å²) in [6.45, 7) is 0. The van der Waals surface area contributed by atoms with Crippen LogP contribution in [0.25, 0.3) is 0 Å². The summed E-state index contributed by atoms with van der Waals surface area (Å²) in [6, 6.07) is 7.83. The fourth-order valence-corrected chi connectivity index (χ4v) is 4.82. The maximum Gasteiger partial charge on any atom is 0.349 e. The zero-order chi connectivity index (χ0) is 15.4. The van der Waals surface area contributed by atoms with Gasteiger partial charge in [0.05, 0.1) is 23.0 Å². The molecule has 0 aromatic carbocycles. The van der Waals surface area contributed by atoms with Crippen molar-refractivity contribution in [2.75, 3.05) is 7.11 Å². The van der Waals surface area contributed by atoms with Crippen LogP contribution < -0.4 is 0 Å². The molecule has 0 amide bonds. The van der Waals surface area contributed by atoms with Crippen molar-refractivity contribution in [1.29, 1.82) is 0 Å². The van der Waals surface area contributed by atoms with Crippen LogP contribution in [0, 0.1) is 0 Å². The van der Waals surface area contributed by atoms with Crippen molar-refractivity contribution in [2.45, 2.75) is 43.8 Å². The lowest BCUT2D eigenvalue weighted by molar-refractivity contribution is -0.173. The van der Waals surface area contributed by atoms with Gasteiger partial charge in [0.25, 0.3) is 0 Å². The van der Waals surface area contributed by atoms with Crippen LogP contribution in [0.4, 0.5) is 0 Å². The average Bonchev–Trinajstić information content (AvgIpc) is 3.26. The molecule has 0 unspecified atom stereocenters. The fourth-order valence-electron chi connectivity index (χ4n) is 3.02. The molecule has 0 aliphatic heterocycles. The minimum Gasteiger partial charge on any atom is -0.466 e. The predicted molar refractivity (Wildman–Crippen MR) is 89.4 cm³/mol. The highest BCUT2D eigenvalue weighted by molar-refractivity contribution is 7.12. The Morgan fingerprint density at radius 2 is 1.68 bits per heavy atom. The van der Waals surface area contributed by atoms with Crippen molar-refractivity contribution in [1.82, 2.24) is 0 Å². The van der Waals surface area contributed by atoms with Crippen LogP contribution in [0.5, 0.6) is 0 Å². The van der Waals surface area contributed by atoms with Crippen LogP contribution in [0.15, 0.2) is 35.0 Å². The molecule has 2 aromatic rings. The first-order chi connectivity index (χ1) is 10.8. The van der Waals surface area contributed by atoms with Crippen molar-refractivity contribution >= 4 is 28.6 Å². The first-order valence-corrected chi connectivity index (χ1v) is 9.37. The van der Waals surface area contributed by atoms with E-state index in [1.807, 2.05) is 35.0 Å². The lowest BCUT2D eigenvalue weighted by Crippen LogP contribution is -2.43. The van der Waals surface area contributed by atoms with E-state index in [2.05, 4.69) is 0 Å². The normalized spacial score (nSPS) is 16.6. The third-order valence-corrected chi connectivity index (χ3v) is 6.05. The quantitative estimate of drug-likeness (QED) is 0.750. The van der Waals surface area contributed by atoms with E-state index in [0.717, 1.165) is 35.4 Å².